The van der Waals surface area contributed by atoms with Crippen molar-refractivity contribution in [3.63, 3.8) is 0 Å². The Morgan fingerprint density at radius 2 is 2.20 bits per heavy atom. The van der Waals surface area contributed by atoms with Crippen LogP contribution in [-0.2, 0) is 24.1 Å². The quantitative estimate of drug-likeness (QED) is 0.763. The number of hydrogen-bond donors (Lipinski definition) is 1. The first-order valence-corrected chi connectivity index (χ1v) is 5.36. The molecule has 0 aromatic heterocycles. The number of hydrogen-bond acceptors (Lipinski definition) is 3. The largest absolute Gasteiger partial charge is 0.496 e. The van der Waals surface area contributed by atoms with Gasteiger partial charge in [-0.2, -0.15) is 0 Å². The maximum atomic E-state index is 5.49. The molecule has 2 rings (SSSR count). The highest BCUT2D eigenvalue weighted by Gasteiger charge is 2.18. The van der Waals surface area contributed by atoms with E-state index in [1.54, 1.807) is 7.11 Å². The van der Waals surface area contributed by atoms with Crippen molar-refractivity contribution in [3.8, 4) is 5.75 Å². The minimum absolute atomic E-state index is 0.537. The summed E-state index contributed by atoms with van der Waals surface area (Å²) in [6.07, 6.45) is 4.37. The molecule has 0 amide bonds. The summed E-state index contributed by atoms with van der Waals surface area (Å²) < 4.78 is 5.49. The molecule has 1 aromatic rings. The lowest BCUT2D eigenvalue weighted by Gasteiger charge is -2.12. The summed E-state index contributed by atoms with van der Waals surface area (Å²) in [5.74, 6) is 6.08. The molecule has 3 nitrogen and oxygen atoms in total. The highest BCUT2D eigenvalue weighted by Crippen LogP contribution is 2.33. The number of fused-ring (bicyclic) bond motifs is 1. The molecule has 15 heavy (non-hydrogen) atoms. The van der Waals surface area contributed by atoms with Crippen LogP contribution < -0.4 is 10.6 Å². The van der Waals surface area contributed by atoms with Crippen LogP contribution in [0.15, 0.2) is 12.1 Å². The third-order valence-corrected chi connectivity index (χ3v) is 3.01. The number of methoxy groups -OCH3 is 1. The van der Waals surface area contributed by atoms with Crippen molar-refractivity contribution in [2.24, 2.45) is 5.90 Å². The van der Waals surface area contributed by atoms with E-state index in [1.165, 1.54) is 29.5 Å². The van der Waals surface area contributed by atoms with E-state index < -0.39 is 0 Å². The first-order chi connectivity index (χ1) is 7.36. The molecule has 1 aliphatic carbocycles. The van der Waals surface area contributed by atoms with Gasteiger partial charge in [-0.25, -0.2) is 5.90 Å². The second-order valence-electron chi connectivity index (χ2n) is 3.87. The van der Waals surface area contributed by atoms with Crippen molar-refractivity contribution in [1.29, 1.82) is 0 Å². The topological polar surface area (TPSA) is 44.5 Å². The Labute approximate surface area is 90.1 Å². The fraction of sp³-hybridized carbons (Fsp3) is 0.500. The van der Waals surface area contributed by atoms with E-state index in [9.17, 15) is 0 Å². The number of aryl methyl sites for hydroxylation is 1. The van der Waals surface area contributed by atoms with E-state index in [0.29, 0.717) is 6.61 Å². The third kappa shape index (κ3) is 1.98. The van der Waals surface area contributed by atoms with Gasteiger partial charge in [-0.15, -0.1) is 0 Å². The smallest absolute Gasteiger partial charge is 0.125 e. The Hall–Kier alpha value is -1.06. The summed E-state index contributed by atoms with van der Waals surface area (Å²) in [4.78, 5) is 4.61. The molecule has 0 fully saturated rings. The highest BCUT2D eigenvalue weighted by atomic mass is 16.6. The summed E-state index contributed by atoms with van der Waals surface area (Å²) in [7, 11) is 1.74. The van der Waals surface area contributed by atoms with Crippen molar-refractivity contribution >= 4 is 0 Å². The summed E-state index contributed by atoms with van der Waals surface area (Å²) in [5, 5.41) is 0. The molecule has 0 spiro atoms. The molecular formula is C12H17NO2. The summed E-state index contributed by atoms with van der Waals surface area (Å²) >= 11 is 0. The Morgan fingerprint density at radius 1 is 1.33 bits per heavy atom. The summed E-state index contributed by atoms with van der Waals surface area (Å²) in [6, 6.07) is 4.33. The van der Waals surface area contributed by atoms with Crippen molar-refractivity contribution in [3.05, 3.63) is 28.8 Å². The van der Waals surface area contributed by atoms with Gasteiger partial charge in [0, 0.05) is 6.42 Å². The van der Waals surface area contributed by atoms with Gasteiger partial charge in [-0.1, -0.05) is 12.1 Å². The molecule has 2 N–H and O–H groups in total. The molecule has 0 heterocycles. The lowest BCUT2D eigenvalue weighted by atomic mass is 10.0. The van der Waals surface area contributed by atoms with Crippen LogP contribution in [-0.4, -0.2) is 13.7 Å². The SMILES string of the molecule is COc1c(CCON)ccc2c1CCC2. The van der Waals surface area contributed by atoms with Crippen LogP contribution in [0.4, 0.5) is 0 Å². The molecule has 1 aliphatic rings. The zero-order valence-corrected chi connectivity index (χ0v) is 9.08. The molecular weight excluding hydrogens is 190 g/mol. The molecule has 0 radical (unpaired) electrons. The first kappa shape index (κ1) is 10.5. The first-order valence-electron chi connectivity index (χ1n) is 5.36. The van der Waals surface area contributed by atoms with E-state index in [2.05, 4.69) is 17.0 Å². The van der Waals surface area contributed by atoms with Crippen molar-refractivity contribution in [2.75, 3.05) is 13.7 Å². The molecule has 3 heteroatoms. The lowest BCUT2D eigenvalue weighted by Crippen LogP contribution is -2.06. The van der Waals surface area contributed by atoms with E-state index in [1.807, 2.05) is 0 Å². The average molecular weight is 207 g/mol. The standard InChI is InChI=1S/C12H17NO2/c1-14-12-10(7-8-15-13)6-5-9-3-2-4-11(9)12/h5-6H,2-4,7-8,13H2,1H3. The summed E-state index contributed by atoms with van der Waals surface area (Å²) in [5.41, 5.74) is 4.01. The van der Waals surface area contributed by atoms with Crippen molar-refractivity contribution < 1.29 is 9.57 Å². The highest BCUT2D eigenvalue weighted by molar-refractivity contribution is 5.48. The Morgan fingerprint density at radius 3 is 2.93 bits per heavy atom. The fourth-order valence-electron chi connectivity index (χ4n) is 2.30. The van der Waals surface area contributed by atoms with Gasteiger partial charge >= 0.3 is 0 Å². The Kier molecular flexibility index (Phi) is 3.23. The van der Waals surface area contributed by atoms with Gasteiger partial charge in [0.25, 0.3) is 0 Å². The van der Waals surface area contributed by atoms with Gasteiger partial charge < -0.3 is 9.57 Å². The van der Waals surface area contributed by atoms with Gasteiger partial charge in [-0.05, 0) is 36.0 Å². The summed E-state index contributed by atoms with van der Waals surface area (Å²) in [6.45, 7) is 0.537. The number of ether oxygens (including phenoxy) is 1. The van der Waals surface area contributed by atoms with E-state index in [-0.39, 0.29) is 0 Å². The van der Waals surface area contributed by atoms with Crippen molar-refractivity contribution in [1.82, 2.24) is 0 Å². The predicted octanol–water partition coefficient (Wildman–Crippen LogP) is 1.62. The zero-order valence-electron chi connectivity index (χ0n) is 9.08. The van der Waals surface area contributed by atoms with Gasteiger partial charge in [0.1, 0.15) is 5.75 Å². The van der Waals surface area contributed by atoms with Crippen molar-refractivity contribution in [2.45, 2.75) is 25.7 Å². The van der Waals surface area contributed by atoms with Crippen LogP contribution in [0.1, 0.15) is 23.1 Å². The minimum atomic E-state index is 0.537. The average Bonchev–Trinajstić information content (AvgIpc) is 2.73. The third-order valence-electron chi connectivity index (χ3n) is 3.01. The van der Waals surface area contributed by atoms with Gasteiger partial charge in [-0.3, -0.25) is 0 Å². The van der Waals surface area contributed by atoms with Gasteiger partial charge in [0.2, 0.25) is 0 Å². The molecule has 0 saturated heterocycles. The maximum Gasteiger partial charge on any atom is 0.125 e. The van der Waals surface area contributed by atoms with Crippen LogP contribution in [0.25, 0.3) is 0 Å². The molecule has 0 saturated carbocycles. The van der Waals surface area contributed by atoms with Crippen LogP contribution in [0.3, 0.4) is 0 Å². The monoisotopic (exact) mass is 207 g/mol. The van der Waals surface area contributed by atoms with Crippen LogP contribution >= 0.6 is 0 Å². The second kappa shape index (κ2) is 4.64. The van der Waals surface area contributed by atoms with Gasteiger partial charge in [0.15, 0.2) is 0 Å². The number of nitrogens with two attached hydrogens (primary N) is 1. The molecule has 0 aliphatic heterocycles. The molecule has 0 bridgehead atoms. The Bertz CT molecular complexity index is 350. The van der Waals surface area contributed by atoms with E-state index in [4.69, 9.17) is 10.6 Å². The fourth-order valence-corrected chi connectivity index (χ4v) is 2.30. The second-order valence-corrected chi connectivity index (χ2v) is 3.87. The maximum absolute atomic E-state index is 5.49. The number of rotatable bonds is 4. The number of benzene rings is 1. The van der Waals surface area contributed by atoms with E-state index in [0.717, 1.165) is 18.6 Å². The van der Waals surface area contributed by atoms with Crippen LogP contribution in [0, 0.1) is 0 Å². The minimum Gasteiger partial charge on any atom is -0.496 e. The lowest BCUT2D eigenvalue weighted by molar-refractivity contribution is 0.140. The van der Waals surface area contributed by atoms with Gasteiger partial charge in [0.05, 0.1) is 13.7 Å². The molecule has 0 atom stereocenters. The van der Waals surface area contributed by atoms with Crippen LogP contribution in [0.2, 0.25) is 0 Å². The molecule has 82 valence electrons. The normalized spacial score (nSPS) is 14.0. The molecule has 0 unspecified atom stereocenters. The predicted molar refractivity (Wildman–Crippen MR) is 58.9 cm³/mol. The Balaban J connectivity index is 2.30. The zero-order chi connectivity index (χ0) is 10.7. The van der Waals surface area contributed by atoms with E-state index >= 15 is 0 Å². The molecule has 1 aromatic carbocycles. The van der Waals surface area contributed by atoms with Crippen LogP contribution in [0.5, 0.6) is 5.75 Å².